The molecule has 0 aromatic heterocycles. The highest BCUT2D eigenvalue weighted by Crippen LogP contribution is 2.32. The molecule has 0 radical (unpaired) electrons. The lowest BCUT2D eigenvalue weighted by molar-refractivity contribution is -0.139. The summed E-state index contributed by atoms with van der Waals surface area (Å²) in [6.07, 6.45) is -3.82. The SMILES string of the molecule is C=CC(=O)Nc1ccc(C(F)(F)F)c(F)c1. The number of nitrogens with one attached hydrogen (secondary N) is 1. The maximum Gasteiger partial charge on any atom is 0.419 e. The molecule has 0 heterocycles. The van der Waals surface area contributed by atoms with Crippen molar-refractivity contribution >= 4 is 11.6 Å². The minimum atomic E-state index is -4.74. The molecule has 16 heavy (non-hydrogen) atoms. The minimum Gasteiger partial charge on any atom is -0.322 e. The van der Waals surface area contributed by atoms with Crippen LogP contribution in [0.15, 0.2) is 30.9 Å². The third-order valence-electron chi connectivity index (χ3n) is 1.73. The van der Waals surface area contributed by atoms with E-state index in [0.717, 1.165) is 12.1 Å². The predicted molar refractivity (Wildman–Crippen MR) is 50.2 cm³/mol. The van der Waals surface area contributed by atoms with Crippen LogP contribution in [-0.4, -0.2) is 5.91 Å². The van der Waals surface area contributed by atoms with E-state index in [4.69, 9.17) is 0 Å². The quantitative estimate of drug-likeness (QED) is 0.617. The first-order chi connectivity index (χ1) is 7.34. The molecule has 6 heteroatoms. The third-order valence-corrected chi connectivity index (χ3v) is 1.73. The zero-order chi connectivity index (χ0) is 12.3. The highest BCUT2D eigenvalue weighted by atomic mass is 19.4. The second-order valence-electron chi connectivity index (χ2n) is 2.89. The number of anilines is 1. The van der Waals surface area contributed by atoms with Gasteiger partial charge in [0.1, 0.15) is 5.82 Å². The summed E-state index contributed by atoms with van der Waals surface area (Å²) >= 11 is 0. The summed E-state index contributed by atoms with van der Waals surface area (Å²) < 4.78 is 49.5. The van der Waals surface area contributed by atoms with E-state index in [-0.39, 0.29) is 5.69 Å². The van der Waals surface area contributed by atoms with Gasteiger partial charge in [-0.15, -0.1) is 0 Å². The van der Waals surface area contributed by atoms with Crippen molar-refractivity contribution < 1.29 is 22.4 Å². The number of halogens is 4. The fourth-order valence-corrected chi connectivity index (χ4v) is 1.02. The van der Waals surface area contributed by atoms with Crippen LogP contribution in [0.25, 0.3) is 0 Å². The predicted octanol–water partition coefficient (Wildman–Crippen LogP) is 2.97. The van der Waals surface area contributed by atoms with Crippen molar-refractivity contribution in [2.75, 3.05) is 5.32 Å². The Bertz CT molecular complexity index is 425. The van der Waals surface area contributed by atoms with Gasteiger partial charge in [-0.05, 0) is 24.3 Å². The molecule has 2 nitrogen and oxygen atoms in total. The van der Waals surface area contributed by atoms with Crippen molar-refractivity contribution in [3.63, 3.8) is 0 Å². The van der Waals surface area contributed by atoms with Crippen LogP contribution >= 0.6 is 0 Å². The van der Waals surface area contributed by atoms with Crippen LogP contribution in [0.3, 0.4) is 0 Å². The first-order valence-corrected chi connectivity index (χ1v) is 4.15. The Kier molecular flexibility index (Phi) is 3.31. The lowest BCUT2D eigenvalue weighted by Crippen LogP contribution is -2.11. The highest BCUT2D eigenvalue weighted by molar-refractivity contribution is 5.98. The monoisotopic (exact) mass is 233 g/mol. The molecule has 0 bridgehead atoms. The van der Waals surface area contributed by atoms with E-state index < -0.39 is 23.5 Å². The number of carbonyl (C=O) groups is 1. The molecule has 1 rings (SSSR count). The second-order valence-corrected chi connectivity index (χ2v) is 2.89. The average molecular weight is 233 g/mol. The molecule has 0 aliphatic rings. The van der Waals surface area contributed by atoms with E-state index in [1.807, 2.05) is 0 Å². The van der Waals surface area contributed by atoms with Crippen LogP contribution in [0.2, 0.25) is 0 Å². The highest BCUT2D eigenvalue weighted by Gasteiger charge is 2.33. The van der Waals surface area contributed by atoms with Gasteiger partial charge in [-0.25, -0.2) is 4.39 Å². The maximum absolute atomic E-state index is 13.0. The zero-order valence-electron chi connectivity index (χ0n) is 7.94. The van der Waals surface area contributed by atoms with Crippen molar-refractivity contribution in [3.8, 4) is 0 Å². The van der Waals surface area contributed by atoms with Gasteiger partial charge in [0.05, 0.1) is 5.56 Å². The van der Waals surface area contributed by atoms with Crippen molar-refractivity contribution in [2.45, 2.75) is 6.18 Å². The minimum absolute atomic E-state index is 0.0598. The van der Waals surface area contributed by atoms with Crippen LogP contribution < -0.4 is 5.32 Å². The van der Waals surface area contributed by atoms with Gasteiger partial charge < -0.3 is 5.32 Å². The van der Waals surface area contributed by atoms with Gasteiger partial charge in [0.15, 0.2) is 0 Å². The number of carbonyl (C=O) groups excluding carboxylic acids is 1. The van der Waals surface area contributed by atoms with E-state index in [1.54, 1.807) is 0 Å². The first-order valence-electron chi connectivity index (χ1n) is 4.15. The molecular weight excluding hydrogens is 226 g/mol. The molecule has 0 aliphatic heterocycles. The van der Waals surface area contributed by atoms with E-state index >= 15 is 0 Å². The average Bonchev–Trinajstić information content (AvgIpc) is 2.15. The van der Waals surface area contributed by atoms with Crippen LogP contribution in [0, 0.1) is 5.82 Å². The molecule has 86 valence electrons. The molecular formula is C10H7F4NO. The molecule has 1 aromatic rings. The lowest BCUT2D eigenvalue weighted by Gasteiger charge is -2.09. The maximum atomic E-state index is 13.0. The van der Waals surface area contributed by atoms with Gasteiger partial charge in [0.2, 0.25) is 5.91 Å². The van der Waals surface area contributed by atoms with Gasteiger partial charge in [-0.2, -0.15) is 13.2 Å². The Morgan fingerprint density at radius 1 is 1.38 bits per heavy atom. The molecule has 0 atom stereocenters. The van der Waals surface area contributed by atoms with Crippen molar-refractivity contribution in [2.24, 2.45) is 0 Å². The molecule has 0 saturated carbocycles. The topological polar surface area (TPSA) is 29.1 Å². The first kappa shape index (κ1) is 12.2. The molecule has 0 unspecified atom stereocenters. The molecule has 0 aliphatic carbocycles. The Balaban J connectivity index is 3.00. The van der Waals surface area contributed by atoms with Gasteiger partial charge in [-0.1, -0.05) is 6.58 Å². The summed E-state index contributed by atoms with van der Waals surface area (Å²) in [7, 11) is 0. The standard InChI is InChI=1S/C10H7F4NO/c1-2-9(16)15-6-3-4-7(8(11)5-6)10(12,13)14/h2-5H,1H2,(H,15,16). The third kappa shape index (κ3) is 2.82. The number of hydrogen-bond donors (Lipinski definition) is 1. The smallest absolute Gasteiger partial charge is 0.322 e. The van der Waals surface area contributed by atoms with Gasteiger partial charge in [0.25, 0.3) is 0 Å². The van der Waals surface area contributed by atoms with Crippen LogP contribution in [0.5, 0.6) is 0 Å². The largest absolute Gasteiger partial charge is 0.419 e. The molecule has 1 aromatic carbocycles. The van der Waals surface area contributed by atoms with Gasteiger partial charge in [-0.3, -0.25) is 4.79 Å². The Morgan fingerprint density at radius 2 is 2.00 bits per heavy atom. The van der Waals surface area contributed by atoms with Crippen molar-refractivity contribution in [1.29, 1.82) is 0 Å². The van der Waals surface area contributed by atoms with Crippen molar-refractivity contribution in [1.82, 2.24) is 0 Å². The Hall–Kier alpha value is -1.85. The summed E-state index contributed by atoms with van der Waals surface area (Å²) in [5.41, 5.74) is -1.43. The summed E-state index contributed by atoms with van der Waals surface area (Å²) in [6.45, 7) is 3.15. The van der Waals surface area contributed by atoms with E-state index in [2.05, 4.69) is 11.9 Å². The number of benzene rings is 1. The molecule has 0 fully saturated rings. The fraction of sp³-hybridized carbons (Fsp3) is 0.100. The van der Waals surface area contributed by atoms with E-state index in [1.165, 1.54) is 0 Å². The summed E-state index contributed by atoms with van der Waals surface area (Å²) in [5, 5.41) is 2.15. The lowest BCUT2D eigenvalue weighted by atomic mass is 10.2. The fourth-order valence-electron chi connectivity index (χ4n) is 1.02. The van der Waals surface area contributed by atoms with E-state index in [0.29, 0.717) is 12.1 Å². The Labute approximate surface area is 88.6 Å². The van der Waals surface area contributed by atoms with Gasteiger partial charge >= 0.3 is 6.18 Å². The van der Waals surface area contributed by atoms with Crippen molar-refractivity contribution in [3.05, 3.63) is 42.2 Å². The summed E-state index contributed by atoms with van der Waals surface area (Å²) in [6, 6.07) is 2.13. The Morgan fingerprint density at radius 3 is 2.44 bits per heavy atom. The molecule has 1 N–H and O–H groups in total. The van der Waals surface area contributed by atoms with E-state index in [9.17, 15) is 22.4 Å². The number of hydrogen-bond acceptors (Lipinski definition) is 1. The summed E-state index contributed by atoms with van der Waals surface area (Å²) in [5.74, 6) is -2.06. The molecule has 0 spiro atoms. The zero-order valence-corrected chi connectivity index (χ0v) is 7.94. The summed E-state index contributed by atoms with van der Waals surface area (Å²) in [4.78, 5) is 10.8. The number of amides is 1. The number of rotatable bonds is 2. The van der Waals surface area contributed by atoms with Crippen LogP contribution in [-0.2, 0) is 11.0 Å². The molecule has 1 amide bonds. The van der Waals surface area contributed by atoms with Crippen LogP contribution in [0.4, 0.5) is 23.2 Å². The second kappa shape index (κ2) is 4.34. The normalized spacial score (nSPS) is 11.0. The van der Waals surface area contributed by atoms with Gasteiger partial charge in [0, 0.05) is 5.69 Å². The number of alkyl halides is 3. The van der Waals surface area contributed by atoms with Crippen LogP contribution in [0.1, 0.15) is 5.56 Å². The molecule has 0 saturated heterocycles.